The van der Waals surface area contributed by atoms with Crippen LogP contribution in [0.3, 0.4) is 0 Å². The van der Waals surface area contributed by atoms with Crippen LogP contribution in [-0.2, 0) is 9.84 Å². The summed E-state index contributed by atoms with van der Waals surface area (Å²) in [6.07, 6.45) is 3.72. The molecule has 8 nitrogen and oxygen atoms in total. The summed E-state index contributed by atoms with van der Waals surface area (Å²) in [7, 11) is -1.87. The van der Waals surface area contributed by atoms with E-state index in [2.05, 4.69) is 51.5 Å². The smallest absolute Gasteiger partial charge is 0.229 e. The van der Waals surface area contributed by atoms with Gasteiger partial charge < -0.3 is 20.3 Å². The van der Waals surface area contributed by atoms with Crippen molar-refractivity contribution in [2.75, 3.05) is 30.8 Å². The summed E-state index contributed by atoms with van der Waals surface area (Å²) in [6.45, 7) is 9.99. The van der Waals surface area contributed by atoms with Crippen LogP contribution >= 0.6 is 11.6 Å². The SMILES string of the molecule is COc1cc(C2CCN(C(C)C)CC2)ccc1Nc1ncc(Cl)c(Nc2ccccc2S(=O)(=O)C(C)C)n1. The third kappa shape index (κ3) is 6.22. The van der Waals surface area contributed by atoms with Crippen molar-refractivity contribution in [3.63, 3.8) is 0 Å². The normalized spacial score (nSPS) is 15.2. The first-order valence-electron chi connectivity index (χ1n) is 12.9. The molecule has 0 amide bonds. The molecule has 3 aromatic rings. The van der Waals surface area contributed by atoms with Gasteiger partial charge in [-0.25, -0.2) is 13.4 Å². The lowest BCUT2D eigenvalue weighted by Crippen LogP contribution is -2.37. The number of para-hydroxylation sites is 1. The fourth-order valence-electron chi connectivity index (χ4n) is 4.65. The number of rotatable bonds is 9. The first-order chi connectivity index (χ1) is 18.1. The highest BCUT2D eigenvalue weighted by molar-refractivity contribution is 7.92. The van der Waals surface area contributed by atoms with Gasteiger partial charge in [0, 0.05) is 6.04 Å². The van der Waals surface area contributed by atoms with Gasteiger partial charge in [-0.3, -0.25) is 0 Å². The number of nitrogens with zero attached hydrogens (tertiary/aromatic N) is 3. The predicted octanol–water partition coefficient (Wildman–Crippen LogP) is 6.40. The van der Waals surface area contributed by atoms with Crippen LogP contribution in [0.5, 0.6) is 5.75 Å². The number of halogens is 1. The minimum Gasteiger partial charge on any atom is -0.495 e. The topological polar surface area (TPSA) is 96.5 Å². The van der Waals surface area contributed by atoms with E-state index in [4.69, 9.17) is 16.3 Å². The van der Waals surface area contributed by atoms with Gasteiger partial charge in [-0.1, -0.05) is 29.8 Å². The van der Waals surface area contributed by atoms with Gasteiger partial charge in [0.25, 0.3) is 0 Å². The minimum atomic E-state index is -3.51. The number of benzene rings is 2. The van der Waals surface area contributed by atoms with Crippen molar-refractivity contribution in [2.24, 2.45) is 0 Å². The Kier molecular flexibility index (Phi) is 8.80. The Morgan fingerprint density at radius 1 is 1.03 bits per heavy atom. The molecule has 0 atom stereocenters. The first-order valence-corrected chi connectivity index (χ1v) is 14.8. The van der Waals surface area contributed by atoms with Crippen LogP contribution in [-0.4, -0.2) is 54.8 Å². The van der Waals surface area contributed by atoms with Crippen molar-refractivity contribution in [3.8, 4) is 5.75 Å². The average Bonchev–Trinajstić information content (AvgIpc) is 2.91. The summed E-state index contributed by atoms with van der Waals surface area (Å²) >= 11 is 6.38. The van der Waals surface area contributed by atoms with Crippen LogP contribution in [0, 0.1) is 0 Å². The molecular weight excluding hydrogens is 522 g/mol. The Labute approximate surface area is 230 Å². The largest absolute Gasteiger partial charge is 0.495 e. The quantitative estimate of drug-likeness (QED) is 0.312. The number of likely N-dealkylation sites (tertiary alicyclic amines) is 1. The van der Waals surface area contributed by atoms with Gasteiger partial charge in [-0.05, 0) is 89.4 Å². The highest BCUT2D eigenvalue weighted by Crippen LogP contribution is 2.36. The molecule has 2 heterocycles. The molecule has 0 aliphatic carbocycles. The average molecular weight is 558 g/mol. The van der Waals surface area contributed by atoms with Crippen LogP contribution in [0.15, 0.2) is 53.6 Å². The van der Waals surface area contributed by atoms with E-state index < -0.39 is 15.1 Å². The summed E-state index contributed by atoms with van der Waals surface area (Å²) in [5, 5.41) is 6.00. The van der Waals surface area contributed by atoms with Gasteiger partial charge in [0.2, 0.25) is 5.95 Å². The molecule has 2 N–H and O–H groups in total. The fraction of sp³-hybridized carbons (Fsp3) is 0.429. The van der Waals surface area contributed by atoms with Crippen LogP contribution in [0.25, 0.3) is 0 Å². The fourth-order valence-corrected chi connectivity index (χ4v) is 5.99. The van der Waals surface area contributed by atoms with E-state index in [1.165, 1.54) is 11.8 Å². The van der Waals surface area contributed by atoms with Crippen molar-refractivity contribution in [1.82, 2.24) is 14.9 Å². The summed E-state index contributed by atoms with van der Waals surface area (Å²) in [4.78, 5) is 11.5. The van der Waals surface area contributed by atoms with Gasteiger partial charge in [-0.15, -0.1) is 0 Å². The van der Waals surface area contributed by atoms with Crippen molar-refractivity contribution in [2.45, 2.75) is 62.6 Å². The molecule has 2 aromatic carbocycles. The summed E-state index contributed by atoms with van der Waals surface area (Å²) in [5.74, 6) is 1.80. The second kappa shape index (κ2) is 11.9. The Bertz CT molecular complexity index is 1370. The van der Waals surface area contributed by atoms with E-state index in [-0.39, 0.29) is 9.92 Å². The monoisotopic (exact) mass is 557 g/mol. The molecule has 0 bridgehead atoms. The maximum absolute atomic E-state index is 12.9. The van der Waals surface area contributed by atoms with E-state index in [1.54, 1.807) is 45.2 Å². The lowest BCUT2D eigenvalue weighted by atomic mass is 9.88. The number of hydrogen-bond donors (Lipinski definition) is 2. The number of ether oxygens (including phenoxy) is 1. The van der Waals surface area contributed by atoms with E-state index >= 15 is 0 Å². The molecule has 0 saturated carbocycles. The van der Waals surface area contributed by atoms with E-state index in [0.29, 0.717) is 35.2 Å². The zero-order valence-electron chi connectivity index (χ0n) is 22.5. The van der Waals surface area contributed by atoms with Crippen molar-refractivity contribution >= 4 is 44.6 Å². The zero-order chi connectivity index (χ0) is 27.4. The lowest BCUT2D eigenvalue weighted by molar-refractivity contribution is 0.172. The molecule has 1 aliphatic rings. The van der Waals surface area contributed by atoms with Gasteiger partial charge >= 0.3 is 0 Å². The summed E-state index contributed by atoms with van der Waals surface area (Å²) in [5.41, 5.74) is 2.39. The molecule has 204 valence electrons. The van der Waals surface area contributed by atoms with Gasteiger partial charge in [0.1, 0.15) is 10.8 Å². The van der Waals surface area contributed by atoms with E-state index in [0.717, 1.165) is 31.6 Å². The molecule has 0 unspecified atom stereocenters. The Morgan fingerprint density at radius 3 is 2.39 bits per heavy atom. The Morgan fingerprint density at radius 2 is 1.74 bits per heavy atom. The summed E-state index contributed by atoms with van der Waals surface area (Å²) < 4.78 is 31.4. The molecule has 38 heavy (non-hydrogen) atoms. The molecule has 1 aromatic heterocycles. The van der Waals surface area contributed by atoms with Crippen molar-refractivity contribution < 1.29 is 13.2 Å². The lowest BCUT2D eigenvalue weighted by Gasteiger charge is -2.35. The highest BCUT2D eigenvalue weighted by atomic mass is 35.5. The van der Waals surface area contributed by atoms with Gasteiger partial charge in [0.05, 0.1) is 34.8 Å². The Balaban J connectivity index is 1.55. The Hall–Kier alpha value is -2.88. The number of methoxy groups -OCH3 is 1. The number of aromatic nitrogens is 2. The number of anilines is 4. The third-order valence-corrected chi connectivity index (χ3v) is 9.50. The highest BCUT2D eigenvalue weighted by Gasteiger charge is 2.24. The van der Waals surface area contributed by atoms with Crippen LogP contribution < -0.4 is 15.4 Å². The maximum atomic E-state index is 12.9. The second-order valence-electron chi connectivity index (χ2n) is 10.1. The van der Waals surface area contributed by atoms with E-state index in [1.807, 2.05) is 6.07 Å². The molecule has 1 fully saturated rings. The maximum Gasteiger partial charge on any atom is 0.229 e. The van der Waals surface area contributed by atoms with Gasteiger partial charge in [0.15, 0.2) is 15.7 Å². The van der Waals surface area contributed by atoms with Crippen LogP contribution in [0.1, 0.15) is 52.0 Å². The molecule has 0 spiro atoms. The number of piperidine rings is 1. The van der Waals surface area contributed by atoms with Crippen molar-refractivity contribution in [1.29, 1.82) is 0 Å². The number of sulfone groups is 1. The second-order valence-corrected chi connectivity index (χ2v) is 13.0. The predicted molar refractivity (Wildman–Crippen MR) is 154 cm³/mol. The number of hydrogen-bond acceptors (Lipinski definition) is 8. The van der Waals surface area contributed by atoms with Crippen LogP contribution in [0.2, 0.25) is 5.02 Å². The standard InChI is InChI=1S/C28H36ClN5O3S/c1-18(2)34-14-12-20(13-15-34)21-10-11-23(25(16-21)37-5)32-28-30-17-22(29)27(33-28)31-24-8-6-7-9-26(24)38(35,36)19(3)4/h6-11,16-20H,12-15H2,1-5H3,(H2,30,31,32,33). The van der Waals surface area contributed by atoms with Gasteiger partial charge in [-0.2, -0.15) is 4.98 Å². The molecule has 1 aliphatic heterocycles. The van der Waals surface area contributed by atoms with Crippen LogP contribution in [0.4, 0.5) is 23.1 Å². The van der Waals surface area contributed by atoms with Crippen molar-refractivity contribution in [3.05, 3.63) is 59.2 Å². The van der Waals surface area contributed by atoms with E-state index in [9.17, 15) is 8.42 Å². The number of nitrogens with one attached hydrogen (secondary N) is 2. The first kappa shape index (κ1) is 28.1. The molecule has 10 heteroatoms. The minimum absolute atomic E-state index is 0.190. The molecule has 0 radical (unpaired) electrons. The molecule has 1 saturated heterocycles. The molecular formula is C28H36ClN5O3S. The third-order valence-electron chi connectivity index (χ3n) is 7.01. The molecule has 4 rings (SSSR count). The summed E-state index contributed by atoms with van der Waals surface area (Å²) in [6, 6.07) is 13.5. The zero-order valence-corrected chi connectivity index (χ0v) is 24.1.